The van der Waals surface area contributed by atoms with Crippen LogP contribution in [0.15, 0.2) is 12.1 Å². The molecule has 0 saturated heterocycles. The second-order valence-corrected chi connectivity index (χ2v) is 2.74. The molecule has 1 aromatic carbocycles. The van der Waals surface area contributed by atoms with Gasteiger partial charge in [-0.3, -0.25) is 5.32 Å². The topological polar surface area (TPSA) is 38.3 Å². The number of ether oxygens (including phenoxy) is 1. The fourth-order valence-electron chi connectivity index (χ4n) is 0.795. The molecule has 1 aromatic rings. The summed E-state index contributed by atoms with van der Waals surface area (Å²) in [5.74, 6) is -1.95. The molecule has 0 atom stereocenters. The molecule has 0 aliphatic carbocycles. The SMILES string of the molecule is COC(=O)Nc1c(F)ccc(Cl)c1F. The van der Waals surface area contributed by atoms with Gasteiger partial charge in [0.25, 0.3) is 0 Å². The van der Waals surface area contributed by atoms with Crippen molar-refractivity contribution in [2.75, 3.05) is 12.4 Å². The molecule has 14 heavy (non-hydrogen) atoms. The van der Waals surface area contributed by atoms with E-state index in [1.807, 2.05) is 5.32 Å². The second-order valence-electron chi connectivity index (χ2n) is 2.33. The number of nitrogens with one attached hydrogen (secondary N) is 1. The van der Waals surface area contributed by atoms with Gasteiger partial charge in [0, 0.05) is 0 Å². The fraction of sp³-hybridized carbons (Fsp3) is 0.125. The molecule has 0 aliphatic heterocycles. The number of carbonyl (C=O) groups excluding carboxylic acids is 1. The van der Waals surface area contributed by atoms with Crippen LogP contribution in [0.25, 0.3) is 0 Å². The monoisotopic (exact) mass is 221 g/mol. The van der Waals surface area contributed by atoms with E-state index in [0.717, 1.165) is 19.2 Å². The number of hydrogen-bond donors (Lipinski definition) is 1. The van der Waals surface area contributed by atoms with Crippen molar-refractivity contribution in [2.45, 2.75) is 0 Å². The van der Waals surface area contributed by atoms with Crippen LogP contribution in [0.2, 0.25) is 5.02 Å². The first-order chi connectivity index (χ1) is 6.56. The summed E-state index contributed by atoms with van der Waals surface area (Å²) in [6.07, 6.45) is -0.968. The Kier molecular flexibility index (Phi) is 3.24. The van der Waals surface area contributed by atoms with Gasteiger partial charge in [-0.15, -0.1) is 0 Å². The summed E-state index contributed by atoms with van der Waals surface area (Å²) in [6, 6.07) is 1.99. The van der Waals surface area contributed by atoms with Gasteiger partial charge in [0.2, 0.25) is 0 Å². The Morgan fingerprint density at radius 2 is 2.14 bits per heavy atom. The first-order valence-corrected chi connectivity index (χ1v) is 3.92. The summed E-state index contributed by atoms with van der Waals surface area (Å²) < 4.78 is 30.3. The highest BCUT2D eigenvalue weighted by molar-refractivity contribution is 6.31. The highest BCUT2D eigenvalue weighted by Crippen LogP contribution is 2.25. The number of hydrogen-bond acceptors (Lipinski definition) is 2. The van der Waals surface area contributed by atoms with Gasteiger partial charge in [-0.1, -0.05) is 11.6 Å². The van der Waals surface area contributed by atoms with Crippen molar-refractivity contribution in [2.24, 2.45) is 0 Å². The van der Waals surface area contributed by atoms with Crippen molar-refractivity contribution in [1.29, 1.82) is 0 Å². The Bertz CT molecular complexity index is 371. The van der Waals surface area contributed by atoms with E-state index in [1.54, 1.807) is 0 Å². The maximum Gasteiger partial charge on any atom is 0.411 e. The largest absolute Gasteiger partial charge is 0.453 e. The van der Waals surface area contributed by atoms with Gasteiger partial charge in [0.15, 0.2) is 5.82 Å². The molecule has 0 radical (unpaired) electrons. The lowest BCUT2D eigenvalue weighted by Gasteiger charge is -2.06. The number of methoxy groups -OCH3 is 1. The molecular formula is C8H6ClF2NO2. The number of halogens is 3. The molecule has 1 N–H and O–H groups in total. The van der Waals surface area contributed by atoms with Gasteiger partial charge in [0.1, 0.15) is 11.5 Å². The van der Waals surface area contributed by atoms with Crippen LogP contribution in [-0.4, -0.2) is 13.2 Å². The van der Waals surface area contributed by atoms with E-state index in [1.165, 1.54) is 0 Å². The van der Waals surface area contributed by atoms with E-state index in [2.05, 4.69) is 4.74 Å². The number of carbonyl (C=O) groups is 1. The Morgan fingerprint density at radius 1 is 1.50 bits per heavy atom. The zero-order valence-electron chi connectivity index (χ0n) is 7.11. The zero-order chi connectivity index (χ0) is 10.7. The third-order valence-electron chi connectivity index (χ3n) is 1.46. The van der Waals surface area contributed by atoms with Gasteiger partial charge < -0.3 is 4.74 Å². The molecule has 76 valence electrons. The first-order valence-electron chi connectivity index (χ1n) is 3.54. The summed E-state index contributed by atoms with van der Waals surface area (Å²) in [7, 11) is 1.08. The average molecular weight is 222 g/mol. The minimum absolute atomic E-state index is 0.280. The maximum atomic E-state index is 13.1. The smallest absolute Gasteiger partial charge is 0.411 e. The average Bonchev–Trinajstić information content (AvgIpc) is 2.18. The normalized spacial score (nSPS) is 9.71. The lowest BCUT2D eigenvalue weighted by Crippen LogP contribution is -2.13. The summed E-state index contributed by atoms with van der Waals surface area (Å²) >= 11 is 5.38. The number of rotatable bonds is 1. The van der Waals surface area contributed by atoms with Crippen LogP contribution >= 0.6 is 11.6 Å². The minimum atomic E-state index is -1.03. The minimum Gasteiger partial charge on any atom is -0.453 e. The van der Waals surface area contributed by atoms with Crippen molar-refractivity contribution < 1.29 is 18.3 Å². The van der Waals surface area contributed by atoms with Crippen molar-refractivity contribution in [3.63, 3.8) is 0 Å². The van der Waals surface area contributed by atoms with Crippen molar-refractivity contribution in [3.05, 3.63) is 28.8 Å². The van der Waals surface area contributed by atoms with E-state index in [9.17, 15) is 13.6 Å². The van der Waals surface area contributed by atoms with Crippen LogP contribution in [0, 0.1) is 11.6 Å². The van der Waals surface area contributed by atoms with Crippen molar-refractivity contribution in [1.82, 2.24) is 0 Å². The molecular weight excluding hydrogens is 216 g/mol. The molecule has 6 heteroatoms. The fourth-order valence-corrected chi connectivity index (χ4v) is 0.952. The molecule has 3 nitrogen and oxygen atoms in total. The Balaban J connectivity index is 3.06. The van der Waals surface area contributed by atoms with Crippen LogP contribution in [0.1, 0.15) is 0 Å². The van der Waals surface area contributed by atoms with E-state index in [-0.39, 0.29) is 5.02 Å². The predicted octanol–water partition coefficient (Wildman–Crippen LogP) is 2.80. The maximum absolute atomic E-state index is 13.1. The van der Waals surface area contributed by atoms with E-state index < -0.39 is 23.4 Å². The number of benzene rings is 1. The third kappa shape index (κ3) is 2.11. The van der Waals surface area contributed by atoms with Gasteiger partial charge >= 0.3 is 6.09 Å². The van der Waals surface area contributed by atoms with Crippen LogP contribution in [0.4, 0.5) is 19.3 Å². The lowest BCUT2D eigenvalue weighted by molar-refractivity contribution is 0.186. The standard InChI is InChI=1S/C8H6ClF2NO2/c1-14-8(13)12-7-5(10)3-2-4(9)6(7)11/h2-3H,1H3,(H,12,13). The molecule has 0 unspecified atom stereocenters. The molecule has 0 fully saturated rings. The highest BCUT2D eigenvalue weighted by atomic mass is 35.5. The second kappa shape index (κ2) is 4.23. The van der Waals surface area contributed by atoms with Gasteiger partial charge in [-0.25, -0.2) is 13.6 Å². The van der Waals surface area contributed by atoms with Gasteiger partial charge in [0.05, 0.1) is 12.1 Å². The molecule has 0 aliphatic rings. The van der Waals surface area contributed by atoms with Crippen molar-refractivity contribution >= 4 is 23.4 Å². The predicted molar refractivity (Wildman–Crippen MR) is 47.4 cm³/mol. The van der Waals surface area contributed by atoms with E-state index in [4.69, 9.17) is 11.6 Å². The lowest BCUT2D eigenvalue weighted by atomic mass is 10.3. The van der Waals surface area contributed by atoms with Crippen LogP contribution in [0.3, 0.4) is 0 Å². The molecule has 0 aromatic heterocycles. The number of amides is 1. The Hall–Kier alpha value is -1.36. The summed E-state index contributed by atoms with van der Waals surface area (Å²) in [5, 5.41) is 1.59. The van der Waals surface area contributed by atoms with Gasteiger partial charge in [-0.05, 0) is 12.1 Å². The molecule has 0 heterocycles. The molecule has 1 rings (SSSR count). The third-order valence-corrected chi connectivity index (χ3v) is 1.75. The highest BCUT2D eigenvalue weighted by Gasteiger charge is 2.14. The van der Waals surface area contributed by atoms with Crippen molar-refractivity contribution in [3.8, 4) is 0 Å². The summed E-state index contributed by atoms with van der Waals surface area (Å²) in [6.45, 7) is 0. The van der Waals surface area contributed by atoms with Crippen LogP contribution < -0.4 is 5.32 Å². The zero-order valence-corrected chi connectivity index (χ0v) is 7.86. The Morgan fingerprint density at radius 3 is 2.71 bits per heavy atom. The van der Waals surface area contributed by atoms with Gasteiger partial charge in [-0.2, -0.15) is 0 Å². The van der Waals surface area contributed by atoms with Crippen LogP contribution in [0.5, 0.6) is 0 Å². The molecule has 0 bridgehead atoms. The molecule has 1 amide bonds. The summed E-state index contributed by atoms with van der Waals surface area (Å²) in [4.78, 5) is 10.7. The quantitative estimate of drug-likeness (QED) is 0.741. The molecule has 0 spiro atoms. The summed E-state index contributed by atoms with van der Waals surface area (Å²) in [5.41, 5.74) is -0.621. The Labute approximate surface area is 83.6 Å². The van der Waals surface area contributed by atoms with E-state index in [0.29, 0.717) is 0 Å². The molecule has 0 saturated carbocycles. The van der Waals surface area contributed by atoms with E-state index >= 15 is 0 Å². The first kappa shape index (κ1) is 10.7. The number of anilines is 1. The van der Waals surface area contributed by atoms with Crippen LogP contribution in [-0.2, 0) is 4.74 Å².